The van der Waals surface area contributed by atoms with Crippen LogP contribution in [0.3, 0.4) is 0 Å². The molecule has 4 aromatic rings. The van der Waals surface area contributed by atoms with Crippen LogP contribution in [0.5, 0.6) is 5.75 Å². The lowest BCUT2D eigenvalue weighted by Crippen LogP contribution is -2.16. The zero-order valence-electron chi connectivity index (χ0n) is 15.3. The van der Waals surface area contributed by atoms with E-state index in [1.54, 1.807) is 12.1 Å². The number of aromatic hydroxyl groups is 1. The molecule has 0 aliphatic rings. The number of pyridine rings is 1. The standard InChI is InChI=1S/C21H20N2O2S.ClH/c1-12(23(2)3)13-4-6-14(7-5-13)18-17(24)9-8-16-19(18)15-10-11-26-20(15)21(25)22-16;/h4-12,24H,1-3H3,(H,22,25);1H/t12-;/m1./s1. The number of aromatic nitrogens is 1. The summed E-state index contributed by atoms with van der Waals surface area (Å²) in [5, 5.41) is 14.3. The molecule has 0 radical (unpaired) electrons. The van der Waals surface area contributed by atoms with Gasteiger partial charge in [0.2, 0.25) is 0 Å². The van der Waals surface area contributed by atoms with E-state index in [1.165, 1.54) is 16.9 Å². The third-order valence-electron chi connectivity index (χ3n) is 5.03. The van der Waals surface area contributed by atoms with Gasteiger partial charge in [-0.1, -0.05) is 24.3 Å². The number of phenolic OH excluding ortho intramolecular Hbond substituents is 1. The van der Waals surface area contributed by atoms with E-state index in [9.17, 15) is 9.90 Å². The fraction of sp³-hybridized carbons (Fsp3) is 0.190. The highest BCUT2D eigenvalue weighted by Gasteiger charge is 2.16. The average molecular weight is 401 g/mol. The SMILES string of the molecule is C[C@H](c1ccc(-c2c(O)ccc3[nH]c(=O)c4sccc4c23)cc1)N(C)C.Cl. The van der Waals surface area contributed by atoms with Gasteiger partial charge < -0.3 is 15.0 Å². The molecule has 0 aliphatic carbocycles. The maximum absolute atomic E-state index is 12.3. The second kappa shape index (κ2) is 7.35. The van der Waals surface area contributed by atoms with Crippen LogP contribution in [0.2, 0.25) is 0 Å². The van der Waals surface area contributed by atoms with Gasteiger partial charge in [0.15, 0.2) is 0 Å². The first-order valence-corrected chi connectivity index (χ1v) is 9.37. The van der Waals surface area contributed by atoms with Gasteiger partial charge in [-0.25, -0.2) is 0 Å². The van der Waals surface area contributed by atoms with Gasteiger partial charge in [0.25, 0.3) is 5.56 Å². The van der Waals surface area contributed by atoms with E-state index in [2.05, 4.69) is 43.0 Å². The molecule has 4 rings (SSSR count). The molecule has 4 nitrogen and oxygen atoms in total. The Morgan fingerprint density at radius 3 is 2.44 bits per heavy atom. The van der Waals surface area contributed by atoms with E-state index < -0.39 is 0 Å². The van der Waals surface area contributed by atoms with Crippen LogP contribution in [-0.4, -0.2) is 29.1 Å². The van der Waals surface area contributed by atoms with Crippen LogP contribution in [0.1, 0.15) is 18.5 Å². The van der Waals surface area contributed by atoms with Crippen LogP contribution in [0.4, 0.5) is 0 Å². The molecule has 0 fully saturated rings. The molecule has 0 saturated carbocycles. The van der Waals surface area contributed by atoms with E-state index in [0.717, 1.165) is 27.4 Å². The summed E-state index contributed by atoms with van der Waals surface area (Å²) in [5.41, 5.74) is 3.55. The minimum atomic E-state index is -0.0886. The molecule has 0 unspecified atom stereocenters. The number of thiophene rings is 1. The molecule has 0 spiro atoms. The zero-order valence-corrected chi connectivity index (χ0v) is 16.9. The molecular formula is C21H21ClN2O2S. The Balaban J connectivity index is 0.00000210. The van der Waals surface area contributed by atoms with Crippen LogP contribution >= 0.6 is 23.7 Å². The number of H-pyrrole nitrogens is 1. The lowest BCUT2D eigenvalue weighted by atomic mass is 9.95. The molecule has 27 heavy (non-hydrogen) atoms. The van der Waals surface area contributed by atoms with E-state index in [0.29, 0.717) is 10.7 Å². The third kappa shape index (κ3) is 3.23. The first kappa shape index (κ1) is 19.4. The van der Waals surface area contributed by atoms with Crippen LogP contribution in [0, 0.1) is 0 Å². The first-order valence-electron chi connectivity index (χ1n) is 8.49. The van der Waals surface area contributed by atoms with E-state index >= 15 is 0 Å². The molecule has 2 aromatic carbocycles. The maximum Gasteiger partial charge on any atom is 0.266 e. The second-order valence-electron chi connectivity index (χ2n) is 6.76. The number of rotatable bonds is 3. The van der Waals surface area contributed by atoms with Gasteiger partial charge in [-0.05, 0) is 55.7 Å². The van der Waals surface area contributed by atoms with E-state index in [4.69, 9.17) is 0 Å². The minimum Gasteiger partial charge on any atom is -0.507 e. The highest BCUT2D eigenvalue weighted by atomic mass is 35.5. The molecule has 0 aliphatic heterocycles. The molecule has 0 amide bonds. The summed E-state index contributed by atoms with van der Waals surface area (Å²) in [6, 6.07) is 13.9. The van der Waals surface area contributed by atoms with Gasteiger partial charge in [0, 0.05) is 27.9 Å². The molecule has 0 bridgehead atoms. The third-order valence-corrected chi connectivity index (χ3v) is 5.94. The average Bonchev–Trinajstić information content (AvgIpc) is 3.12. The quantitative estimate of drug-likeness (QED) is 0.499. The van der Waals surface area contributed by atoms with Gasteiger partial charge in [-0.15, -0.1) is 23.7 Å². The molecule has 140 valence electrons. The number of benzene rings is 2. The van der Waals surface area contributed by atoms with Gasteiger partial charge in [0.05, 0.1) is 0 Å². The summed E-state index contributed by atoms with van der Waals surface area (Å²) in [7, 11) is 4.11. The van der Waals surface area contributed by atoms with Crippen molar-refractivity contribution in [2.24, 2.45) is 0 Å². The van der Waals surface area contributed by atoms with Crippen molar-refractivity contribution in [3.05, 3.63) is 63.8 Å². The van der Waals surface area contributed by atoms with Gasteiger partial charge in [0.1, 0.15) is 10.4 Å². The van der Waals surface area contributed by atoms with Crippen LogP contribution in [-0.2, 0) is 0 Å². The minimum absolute atomic E-state index is 0. The number of hydrogen-bond acceptors (Lipinski definition) is 4. The Kier molecular flexibility index (Phi) is 5.29. The fourth-order valence-electron chi connectivity index (χ4n) is 3.36. The van der Waals surface area contributed by atoms with Crippen molar-refractivity contribution < 1.29 is 5.11 Å². The number of halogens is 1. The van der Waals surface area contributed by atoms with Gasteiger partial charge >= 0.3 is 0 Å². The highest BCUT2D eigenvalue weighted by molar-refractivity contribution is 7.17. The first-order chi connectivity index (χ1) is 12.5. The Bertz CT molecular complexity index is 1160. The molecular weight excluding hydrogens is 380 g/mol. The smallest absolute Gasteiger partial charge is 0.266 e. The zero-order chi connectivity index (χ0) is 18.4. The number of phenols is 1. The van der Waals surface area contributed by atoms with Crippen molar-refractivity contribution in [3.63, 3.8) is 0 Å². The molecule has 2 aromatic heterocycles. The largest absolute Gasteiger partial charge is 0.507 e. The molecule has 2 heterocycles. The summed E-state index contributed by atoms with van der Waals surface area (Å²) in [5.74, 6) is 0.213. The predicted octanol–water partition coefficient (Wildman–Crippen LogP) is 5.16. The Morgan fingerprint density at radius 1 is 1.07 bits per heavy atom. The number of hydrogen-bond donors (Lipinski definition) is 2. The van der Waals surface area contributed by atoms with Crippen molar-refractivity contribution in [2.75, 3.05) is 14.1 Å². The Labute approximate surface area is 167 Å². The number of fused-ring (bicyclic) bond motifs is 3. The van der Waals surface area contributed by atoms with Crippen molar-refractivity contribution in [1.29, 1.82) is 0 Å². The molecule has 1 atom stereocenters. The summed E-state index contributed by atoms with van der Waals surface area (Å²) < 4.78 is 0.683. The normalized spacial score (nSPS) is 12.4. The van der Waals surface area contributed by atoms with Crippen molar-refractivity contribution in [2.45, 2.75) is 13.0 Å². The molecule has 0 saturated heterocycles. The number of nitrogens with one attached hydrogen (secondary N) is 1. The van der Waals surface area contributed by atoms with Gasteiger partial charge in [-0.2, -0.15) is 0 Å². The van der Waals surface area contributed by atoms with Crippen LogP contribution in [0.15, 0.2) is 52.6 Å². The monoisotopic (exact) mass is 400 g/mol. The van der Waals surface area contributed by atoms with Crippen LogP contribution < -0.4 is 5.56 Å². The lowest BCUT2D eigenvalue weighted by Gasteiger charge is -2.20. The second-order valence-corrected chi connectivity index (χ2v) is 7.68. The van der Waals surface area contributed by atoms with Crippen molar-refractivity contribution in [3.8, 4) is 16.9 Å². The molecule has 6 heteroatoms. The Morgan fingerprint density at radius 2 is 1.78 bits per heavy atom. The summed E-state index contributed by atoms with van der Waals surface area (Å²) in [4.78, 5) is 17.4. The summed E-state index contributed by atoms with van der Waals surface area (Å²) in [6.07, 6.45) is 0. The van der Waals surface area contributed by atoms with Crippen LogP contribution in [0.25, 0.3) is 32.1 Å². The van der Waals surface area contributed by atoms with E-state index in [-0.39, 0.29) is 23.7 Å². The van der Waals surface area contributed by atoms with Crippen molar-refractivity contribution in [1.82, 2.24) is 9.88 Å². The fourth-order valence-corrected chi connectivity index (χ4v) is 4.15. The predicted molar refractivity (Wildman–Crippen MR) is 116 cm³/mol. The summed E-state index contributed by atoms with van der Waals surface area (Å²) in [6.45, 7) is 2.16. The number of aromatic amines is 1. The summed E-state index contributed by atoms with van der Waals surface area (Å²) >= 11 is 1.42. The molecule has 2 N–H and O–H groups in total. The van der Waals surface area contributed by atoms with Gasteiger partial charge in [-0.3, -0.25) is 4.79 Å². The Hall–Kier alpha value is -2.34. The maximum atomic E-state index is 12.3. The highest BCUT2D eigenvalue weighted by Crippen LogP contribution is 2.39. The van der Waals surface area contributed by atoms with E-state index in [1.807, 2.05) is 23.6 Å². The lowest BCUT2D eigenvalue weighted by molar-refractivity contribution is 0.321. The van der Waals surface area contributed by atoms with Crippen molar-refractivity contribution >= 4 is 44.7 Å². The number of nitrogens with zero attached hydrogens (tertiary/aromatic N) is 1. The topological polar surface area (TPSA) is 56.3 Å².